The molecule has 0 aromatic rings. The molecule has 0 bridgehead atoms. The topological polar surface area (TPSA) is 12.5 Å². The van der Waals surface area contributed by atoms with Crippen LogP contribution in [0.25, 0.3) is 0 Å². The highest BCUT2D eigenvalue weighted by molar-refractivity contribution is 7.80. The molecule has 12 heavy (non-hydrogen) atoms. The molecule has 0 N–H and O–H groups in total. The standard InChI is InChI=1S/C8H14ClNOS/c1-4-7(9)11-8(12)10(5-2)6-3/h4,7H,1,5-6H2,2-3H3. The van der Waals surface area contributed by atoms with Crippen molar-refractivity contribution in [1.29, 1.82) is 0 Å². The van der Waals surface area contributed by atoms with Crippen molar-refractivity contribution in [3.63, 3.8) is 0 Å². The minimum Gasteiger partial charge on any atom is -0.447 e. The van der Waals surface area contributed by atoms with Crippen molar-refractivity contribution in [2.45, 2.75) is 19.4 Å². The van der Waals surface area contributed by atoms with Crippen LogP contribution < -0.4 is 0 Å². The van der Waals surface area contributed by atoms with Crippen molar-refractivity contribution in [2.24, 2.45) is 0 Å². The fourth-order valence-corrected chi connectivity index (χ4v) is 1.20. The zero-order valence-corrected chi connectivity index (χ0v) is 8.99. The van der Waals surface area contributed by atoms with Gasteiger partial charge in [0.25, 0.3) is 5.17 Å². The molecule has 70 valence electrons. The minimum absolute atomic E-state index is 0.430. The Morgan fingerprint density at radius 3 is 2.50 bits per heavy atom. The largest absolute Gasteiger partial charge is 0.447 e. The fourth-order valence-electron chi connectivity index (χ4n) is 0.701. The van der Waals surface area contributed by atoms with Crippen LogP contribution in [0.1, 0.15) is 13.8 Å². The number of nitrogens with zero attached hydrogens (tertiary/aromatic N) is 1. The maximum atomic E-state index is 5.66. The lowest BCUT2D eigenvalue weighted by molar-refractivity contribution is 0.253. The lowest BCUT2D eigenvalue weighted by atomic mass is 10.6. The number of thiocarbonyl (C=S) groups is 1. The Morgan fingerprint density at radius 1 is 1.67 bits per heavy atom. The number of rotatable bonds is 4. The number of hydrogen-bond donors (Lipinski definition) is 0. The maximum Gasteiger partial charge on any atom is 0.261 e. The first-order chi connectivity index (χ1) is 5.65. The molecular formula is C8H14ClNOS. The van der Waals surface area contributed by atoms with E-state index >= 15 is 0 Å². The Bertz CT molecular complexity index is 159. The highest BCUT2D eigenvalue weighted by Crippen LogP contribution is 2.03. The van der Waals surface area contributed by atoms with E-state index in [1.807, 2.05) is 18.7 Å². The quantitative estimate of drug-likeness (QED) is 0.399. The summed E-state index contributed by atoms with van der Waals surface area (Å²) in [5.74, 6) is 0. The normalized spacial score (nSPS) is 11.9. The van der Waals surface area contributed by atoms with Crippen molar-refractivity contribution in [3.8, 4) is 0 Å². The summed E-state index contributed by atoms with van der Waals surface area (Å²) in [4.78, 5) is 1.91. The summed E-state index contributed by atoms with van der Waals surface area (Å²) < 4.78 is 5.15. The van der Waals surface area contributed by atoms with Crippen LogP contribution in [-0.4, -0.2) is 28.7 Å². The first-order valence-electron chi connectivity index (χ1n) is 3.87. The minimum atomic E-state index is -0.530. The fraction of sp³-hybridized carbons (Fsp3) is 0.625. The van der Waals surface area contributed by atoms with E-state index in [0.717, 1.165) is 13.1 Å². The van der Waals surface area contributed by atoms with Gasteiger partial charge in [-0.3, -0.25) is 0 Å². The van der Waals surface area contributed by atoms with Crippen molar-refractivity contribution in [3.05, 3.63) is 12.7 Å². The van der Waals surface area contributed by atoms with Crippen molar-refractivity contribution < 1.29 is 4.74 Å². The third-order valence-corrected chi connectivity index (χ3v) is 2.04. The van der Waals surface area contributed by atoms with E-state index in [4.69, 9.17) is 28.6 Å². The van der Waals surface area contributed by atoms with Gasteiger partial charge < -0.3 is 9.64 Å². The van der Waals surface area contributed by atoms with Crippen LogP contribution in [0.3, 0.4) is 0 Å². The van der Waals surface area contributed by atoms with Gasteiger partial charge in [-0.1, -0.05) is 18.2 Å². The zero-order chi connectivity index (χ0) is 9.56. The Morgan fingerprint density at radius 2 is 2.17 bits per heavy atom. The van der Waals surface area contributed by atoms with E-state index < -0.39 is 5.56 Å². The molecule has 0 rings (SSSR count). The molecule has 1 unspecified atom stereocenters. The van der Waals surface area contributed by atoms with E-state index in [9.17, 15) is 0 Å². The van der Waals surface area contributed by atoms with Crippen LogP contribution in [0.4, 0.5) is 0 Å². The summed E-state index contributed by atoms with van der Waals surface area (Å²) in [6, 6.07) is 0. The van der Waals surface area contributed by atoms with Gasteiger partial charge in [-0.15, -0.1) is 0 Å². The second kappa shape index (κ2) is 6.26. The lowest BCUT2D eigenvalue weighted by Crippen LogP contribution is -2.32. The number of ether oxygens (including phenoxy) is 1. The molecule has 0 aliphatic heterocycles. The van der Waals surface area contributed by atoms with E-state index in [2.05, 4.69) is 6.58 Å². The van der Waals surface area contributed by atoms with Crippen LogP contribution in [0.15, 0.2) is 12.7 Å². The highest BCUT2D eigenvalue weighted by atomic mass is 35.5. The Hall–Kier alpha value is -0.280. The van der Waals surface area contributed by atoms with E-state index in [1.54, 1.807) is 0 Å². The second-order valence-electron chi connectivity index (χ2n) is 2.14. The third-order valence-electron chi connectivity index (χ3n) is 1.42. The molecule has 4 heteroatoms. The summed E-state index contributed by atoms with van der Waals surface area (Å²) in [6.07, 6.45) is 1.50. The van der Waals surface area contributed by atoms with Crippen LogP contribution in [0, 0.1) is 0 Å². The van der Waals surface area contributed by atoms with Gasteiger partial charge in [0.05, 0.1) is 0 Å². The monoisotopic (exact) mass is 207 g/mol. The molecular weight excluding hydrogens is 194 g/mol. The predicted molar refractivity (Wildman–Crippen MR) is 56.4 cm³/mol. The third kappa shape index (κ3) is 3.93. The molecule has 0 aromatic heterocycles. The van der Waals surface area contributed by atoms with Crippen LogP contribution in [-0.2, 0) is 4.74 Å². The van der Waals surface area contributed by atoms with Crippen molar-refractivity contribution in [1.82, 2.24) is 4.90 Å². The first-order valence-corrected chi connectivity index (χ1v) is 4.72. The molecule has 0 fully saturated rings. The Labute approximate surface area is 84.1 Å². The summed E-state index contributed by atoms with van der Waals surface area (Å²) >= 11 is 10.7. The number of alkyl halides is 1. The molecule has 0 radical (unpaired) electrons. The molecule has 0 saturated carbocycles. The van der Waals surface area contributed by atoms with E-state index in [0.29, 0.717) is 5.17 Å². The van der Waals surface area contributed by atoms with Crippen molar-refractivity contribution >= 4 is 29.0 Å². The Balaban J connectivity index is 3.92. The molecule has 0 heterocycles. The number of halogens is 1. The molecule has 1 atom stereocenters. The average molecular weight is 208 g/mol. The second-order valence-corrected chi connectivity index (χ2v) is 2.92. The molecule has 0 amide bonds. The molecule has 0 spiro atoms. The van der Waals surface area contributed by atoms with Gasteiger partial charge in [0.2, 0.25) is 0 Å². The summed E-state index contributed by atoms with van der Waals surface area (Å²) in [7, 11) is 0. The van der Waals surface area contributed by atoms with Gasteiger partial charge >= 0.3 is 0 Å². The maximum absolute atomic E-state index is 5.66. The van der Waals surface area contributed by atoms with Crippen LogP contribution >= 0.6 is 23.8 Å². The average Bonchev–Trinajstić information content (AvgIpc) is 2.06. The van der Waals surface area contributed by atoms with Crippen LogP contribution in [0.5, 0.6) is 0 Å². The molecule has 0 saturated heterocycles. The predicted octanol–water partition coefficient (Wildman–Crippen LogP) is 2.38. The lowest BCUT2D eigenvalue weighted by Gasteiger charge is -2.22. The molecule has 0 aliphatic carbocycles. The van der Waals surface area contributed by atoms with Gasteiger partial charge in [-0.05, 0) is 32.1 Å². The van der Waals surface area contributed by atoms with Crippen LogP contribution in [0.2, 0.25) is 0 Å². The van der Waals surface area contributed by atoms with Crippen molar-refractivity contribution in [2.75, 3.05) is 13.1 Å². The summed E-state index contributed by atoms with van der Waals surface area (Å²) in [5, 5.41) is 0.430. The number of hydrogen-bond acceptors (Lipinski definition) is 2. The summed E-state index contributed by atoms with van der Waals surface area (Å²) in [6.45, 7) is 9.17. The van der Waals surface area contributed by atoms with Gasteiger partial charge in [0.1, 0.15) is 0 Å². The molecule has 0 aromatic carbocycles. The van der Waals surface area contributed by atoms with Gasteiger partial charge in [-0.25, -0.2) is 0 Å². The van der Waals surface area contributed by atoms with Gasteiger partial charge in [0.15, 0.2) is 5.56 Å². The Kier molecular flexibility index (Phi) is 6.11. The zero-order valence-electron chi connectivity index (χ0n) is 7.42. The smallest absolute Gasteiger partial charge is 0.261 e. The van der Waals surface area contributed by atoms with E-state index in [1.165, 1.54) is 6.08 Å². The molecule has 2 nitrogen and oxygen atoms in total. The molecule has 0 aliphatic rings. The highest BCUT2D eigenvalue weighted by Gasteiger charge is 2.08. The summed E-state index contributed by atoms with van der Waals surface area (Å²) in [5.41, 5.74) is -0.530. The SMILES string of the molecule is C=CC(Cl)OC(=S)N(CC)CC. The van der Waals surface area contributed by atoms with Gasteiger partial charge in [-0.2, -0.15) is 0 Å². The van der Waals surface area contributed by atoms with Gasteiger partial charge in [0, 0.05) is 13.1 Å². The first kappa shape index (κ1) is 11.7. The van der Waals surface area contributed by atoms with E-state index in [-0.39, 0.29) is 0 Å².